The van der Waals surface area contributed by atoms with Crippen molar-refractivity contribution in [3.63, 3.8) is 0 Å². The lowest BCUT2D eigenvalue weighted by Gasteiger charge is -1.98. The van der Waals surface area contributed by atoms with Gasteiger partial charge in [-0.3, -0.25) is 0 Å². The fraction of sp³-hybridized carbons (Fsp3) is 0. The highest BCUT2D eigenvalue weighted by molar-refractivity contribution is 7.15. The molecule has 0 bridgehead atoms. The second-order valence-electron chi connectivity index (χ2n) is 5.50. The molecule has 0 saturated carbocycles. The lowest BCUT2D eigenvalue weighted by atomic mass is 10.1. The molecule has 27 heavy (non-hydrogen) atoms. The van der Waals surface area contributed by atoms with Crippen molar-refractivity contribution >= 4 is 34.0 Å². The van der Waals surface area contributed by atoms with Crippen LogP contribution in [0.1, 0.15) is 0 Å². The van der Waals surface area contributed by atoms with Gasteiger partial charge < -0.3 is 0 Å². The third-order valence-corrected chi connectivity index (χ3v) is 5.94. The Kier molecular flexibility index (Phi) is 8.08. The molecule has 0 nitrogen and oxygen atoms in total. The van der Waals surface area contributed by atoms with Gasteiger partial charge in [0, 0.05) is 16.0 Å². The molecule has 0 radical (unpaired) electrons. The van der Waals surface area contributed by atoms with Crippen molar-refractivity contribution in [1.29, 1.82) is 0 Å². The van der Waals surface area contributed by atoms with Gasteiger partial charge in [0.1, 0.15) is 0 Å². The van der Waals surface area contributed by atoms with Crippen LogP contribution in [-0.2, 0) is 0 Å². The summed E-state index contributed by atoms with van der Waals surface area (Å²) in [6.07, 6.45) is 0. The topological polar surface area (TPSA) is 0 Å². The Morgan fingerprint density at radius 1 is 0.444 bits per heavy atom. The quantitative estimate of drug-likeness (QED) is 0.276. The fourth-order valence-electron chi connectivity index (χ4n) is 2.34. The summed E-state index contributed by atoms with van der Waals surface area (Å²) in [6.45, 7) is 0. The summed E-state index contributed by atoms with van der Waals surface area (Å²) in [6, 6.07) is 30.6. The smallest absolute Gasteiger partial charge is 0.0429 e. The van der Waals surface area contributed by atoms with E-state index in [1.165, 1.54) is 21.6 Å². The maximum Gasteiger partial charge on any atom is 0.0429 e. The van der Waals surface area contributed by atoms with E-state index in [1.54, 1.807) is 22.7 Å². The first-order chi connectivity index (χ1) is 13.4. The van der Waals surface area contributed by atoms with E-state index in [2.05, 4.69) is 45.1 Å². The van der Waals surface area contributed by atoms with Crippen molar-refractivity contribution in [2.75, 3.05) is 0 Å². The minimum atomic E-state index is 1.34. The van der Waals surface area contributed by atoms with E-state index in [9.17, 15) is 0 Å². The molecule has 0 spiro atoms. The summed E-state index contributed by atoms with van der Waals surface area (Å²) < 4.78 is 0. The standard InChI is InChI=1S/C12H8S3.2C6H6/c1-4-13-7-9(1)11-3-6-15-12(11)10-2-5-14-8-10;2*1-2-4-6-5-3-1/h1-8H;2*1-6H. The van der Waals surface area contributed by atoms with Crippen LogP contribution >= 0.6 is 34.0 Å². The number of thiophene rings is 3. The van der Waals surface area contributed by atoms with Crippen molar-refractivity contribution in [2.45, 2.75) is 0 Å². The normalized spacial score (nSPS) is 9.48. The van der Waals surface area contributed by atoms with E-state index in [-0.39, 0.29) is 0 Å². The van der Waals surface area contributed by atoms with E-state index in [0.717, 1.165) is 0 Å². The lowest BCUT2D eigenvalue weighted by Crippen LogP contribution is -1.72. The van der Waals surface area contributed by atoms with Gasteiger partial charge in [-0.15, -0.1) is 11.3 Å². The molecule has 2 aromatic carbocycles. The van der Waals surface area contributed by atoms with Gasteiger partial charge in [0.25, 0.3) is 0 Å². The van der Waals surface area contributed by atoms with E-state index in [1.807, 2.05) is 84.1 Å². The molecule has 5 aromatic rings. The average molecular weight is 405 g/mol. The lowest BCUT2D eigenvalue weighted by molar-refractivity contribution is 1.72. The maximum absolute atomic E-state index is 2.21. The minimum Gasteiger partial charge on any atom is -0.152 e. The predicted octanol–water partition coefficient (Wildman–Crippen LogP) is 8.58. The Balaban J connectivity index is 0.000000144. The zero-order chi connectivity index (χ0) is 18.6. The maximum atomic E-state index is 2.21. The van der Waals surface area contributed by atoms with Gasteiger partial charge in [-0.1, -0.05) is 72.8 Å². The second-order valence-corrected chi connectivity index (χ2v) is 7.97. The van der Waals surface area contributed by atoms with Crippen LogP contribution in [0, 0.1) is 0 Å². The number of benzene rings is 2. The molecule has 0 saturated heterocycles. The van der Waals surface area contributed by atoms with Crippen LogP contribution in [0.25, 0.3) is 21.6 Å². The van der Waals surface area contributed by atoms with Gasteiger partial charge in [-0.25, -0.2) is 0 Å². The molecule has 0 N–H and O–H groups in total. The van der Waals surface area contributed by atoms with E-state index >= 15 is 0 Å². The van der Waals surface area contributed by atoms with Gasteiger partial charge in [-0.05, 0) is 50.7 Å². The molecular weight excluding hydrogens is 384 g/mol. The van der Waals surface area contributed by atoms with Crippen LogP contribution in [0.2, 0.25) is 0 Å². The van der Waals surface area contributed by atoms with Crippen LogP contribution in [0.3, 0.4) is 0 Å². The minimum absolute atomic E-state index is 1.34. The van der Waals surface area contributed by atoms with Gasteiger partial charge in [0.2, 0.25) is 0 Å². The molecule has 0 aliphatic rings. The summed E-state index contributed by atoms with van der Waals surface area (Å²) in [5, 5.41) is 10.8. The number of rotatable bonds is 2. The first-order valence-electron chi connectivity index (χ1n) is 8.58. The molecule has 5 rings (SSSR count). The molecule has 0 aliphatic carbocycles. The van der Waals surface area contributed by atoms with Crippen LogP contribution in [-0.4, -0.2) is 0 Å². The summed E-state index contributed by atoms with van der Waals surface area (Å²) in [7, 11) is 0. The highest BCUT2D eigenvalue weighted by atomic mass is 32.1. The Hall–Kier alpha value is -2.46. The van der Waals surface area contributed by atoms with Gasteiger partial charge in [0.15, 0.2) is 0 Å². The molecule has 0 fully saturated rings. The molecule has 0 unspecified atom stereocenters. The molecule has 3 heteroatoms. The van der Waals surface area contributed by atoms with E-state index in [0.29, 0.717) is 0 Å². The molecular formula is C24H20S3. The van der Waals surface area contributed by atoms with Crippen molar-refractivity contribution in [2.24, 2.45) is 0 Å². The summed E-state index contributed by atoms with van der Waals surface area (Å²) in [4.78, 5) is 1.38. The summed E-state index contributed by atoms with van der Waals surface area (Å²) in [5.41, 5.74) is 4.04. The molecule has 134 valence electrons. The third kappa shape index (κ3) is 6.33. The predicted molar refractivity (Wildman–Crippen MR) is 124 cm³/mol. The average Bonchev–Trinajstić information content (AvgIpc) is 3.53. The van der Waals surface area contributed by atoms with Gasteiger partial charge in [-0.2, -0.15) is 22.7 Å². The summed E-state index contributed by atoms with van der Waals surface area (Å²) in [5.74, 6) is 0. The first kappa shape index (κ1) is 19.3. The molecule has 0 atom stereocenters. The fourth-order valence-corrected chi connectivity index (χ4v) is 4.63. The van der Waals surface area contributed by atoms with Crippen molar-refractivity contribution < 1.29 is 0 Å². The Labute approximate surface area is 173 Å². The first-order valence-corrected chi connectivity index (χ1v) is 11.3. The third-order valence-electron chi connectivity index (χ3n) is 3.61. The van der Waals surface area contributed by atoms with Gasteiger partial charge in [0.05, 0.1) is 0 Å². The van der Waals surface area contributed by atoms with Crippen molar-refractivity contribution in [1.82, 2.24) is 0 Å². The molecule has 0 amide bonds. The Morgan fingerprint density at radius 2 is 0.889 bits per heavy atom. The van der Waals surface area contributed by atoms with Gasteiger partial charge >= 0.3 is 0 Å². The Morgan fingerprint density at radius 3 is 1.30 bits per heavy atom. The van der Waals surface area contributed by atoms with Crippen molar-refractivity contribution in [3.05, 3.63) is 118 Å². The largest absolute Gasteiger partial charge is 0.152 e. The molecule has 3 heterocycles. The highest BCUT2D eigenvalue weighted by Crippen LogP contribution is 2.38. The number of hydrogen-bond donors (Lipinski definition) is 0. The molecule has 3 aromatic heterocycles. The van der Waals surface area contributed by atoms with E-state index in [4.69, 9.17) is 0 Å². The van der Waals surface area contributed by atoms with Crippen LogP contribution < -0.4 is 0 Å². The Bertz CT molecular complexity index is 817. The highest BCUT2D eigenvalue weighted by Gasteiger charge is 2.09. The SMILES string of the molecule is c1cc(-c2ccsc2-c2ccsc2)cs1.c1ccccc1.c1ccccc1. The van der Waals surface area contributed by atoms with Crippen molar-refractivity contribution in [3.8, 4) is 21.6 Å². The summed E-state index contributed by atoms with van der Waals surface area (Å²) >= 11 is 5.32. The monoisotopic (exact) mass is 404 g/mol. The van der Waals surface area contributed by atoms with E-state index < -0.39 is 0 Å². The number of hydrogen-bond acceptors (Lipinski definition) is 3. The zero-order valence-electron chi connectivity index (χ0n) is 14.8. The zero-order valence-corrected chi connectivity index (χ0v) is 17.2. The molecule has 0 aliphatic heterocycles. The van der Waals surface area contributed by atoms with Crippen LogP contribution in [0.5, 0.6) is 0 Å². The van der Waals surface area contributed by atoms with Crippen LogP contribution in [0.4, 0.5) is 0 Å². The van der Waals surface area contributed by atoms with Crippen LogP contribution in [0.15, 0.2) is 118 Å². The second kappa shape index (κ2) is 11.3.